The average Bonchev–Trinajstić information content (AvgIpc) is 2.90. The standard InChI is InChI=1S/C13H11ClN2O5S/c1-20-7-3-4-8(10(5-7)21-2)15-13(17)11-6-9(16(18)19)12(14)22-11/h3-6H,1-2H3,(H,15,17). The van der Waals surface area contributed by atoms with Crippen molar-refractivity contribution in [2.45, 2.75) is 0 Å². The number of hydrogen-bond acceptors (Lipinski definition) is 6. The van der Waals surface area contributed by atoms with Gasteiger partial charge in [-0.15, -0.1) is 11.3 Å². The fraction of sp³-hybridized carbons (Fsp3) is 0.154. The van der Waals surface area contributed by atoms with E-state index >= 15 is 0 Å². The molecule has 1 aromatic heterocycles. The number of hydrogen-bond donors (Lipinski definition) is 1. The number of methoxy groups -OCH3 is 2. The van der Waals surface area contributed by atoms with Crippen LogP contribution in [-0.2, 0) is 0 Å². The van der Waals surface area contributed by atoms with E-state index in [1.54, 1.807) is 18.2 Å². The Balaban J connectivity index is 2.25. The first-order valence-corrected chi connectivity index (χ1v) is 7.12. The van der Waals surface area contributed by atoms with Crippen molar-refractivity contribution in [3.05, 3.63) is 43.6 Å². The first kappa shape index (κ1) is 16.1. The molecule has 0 saturated heterocycles. The molecule has 1 heterocycles. The minimum absolute atomic E-state index is 0.0446. The summed E-state index contributed by atoms with van der Waals surface area (Å²) >= 11 is 6.58. The van der Waals surface area contributed by atoms with Crippen LogP contribution in [0.25, 0.3) is 0 Å². The normalized spacial score (nSPS) is 10.1. The van der Waals surface area contributed by atoms with Gasteiger partial charge >= 0.3 is 0 Å². The molecule has 0 aliphatic rings. The zero-order valence-corrected chi connectivity index (χ0v) is 13.2. The van der Waals surface area contributed by atoms with E-state index in [9.17, 15) is 14.9 Å². The maximum absolute atomic E-state index is 12.2. The number of halogens is 1. The van der Waals surface area contributed by atoms with Crippen molar-refractivity contribution in [2.75, 3.05) is 19.5 Å². The number of nitrogens with zero attached hydrogens (tertiary/aromatic N) is 1. The molecule has 0 spiro atoms. The second-order valence-corrected chi connectivity index (χ2v) is 5.70. The molecule has 0 fully saturated rings. The highest BCUT2D eigenvalue weighted by Gasteiger charge is 2.21. The Morgan fingerprint density at radius 3 is 2.59 bits per heavy atom. The van der Waals surface area contributed by atoms with Crippen LogP contribution in [0.3, 0.4) is 0 Å². The summed E-state index contributed by atoms with van der Waals surface area (Å²) in [7, 11) is 2.97. The number of thiophene rings is 1. The number of anilines is 1. The summed E-state index contributed by atoms with van der Waals surface area (Å²) in [4.78, 5) is 22.4. The molecule has 116 valence electrons. The van der Waals surface area contributed by atoms with Crippen molar-refractivity contribution < 1.29 is 19.2 Å². The van der Waals surface area contributed by atoms with Crippen LogP contribution >= 0.6 is 22.9 Å². The van der Waals surface area contributed by atoms with Crippen LogP contribution in [0.5, 0.6) is 11.5 Å². The predicted octanol–water partition coefficient (Wildman–Crippen LogP) is 3.58. The third kappa shape index (κ3) is 3.29. The summed E-state index contributed by atoms with van der Waals surface area (Å²) in [6.07, 6.45) is 0. The van der Waals surface area contributed by atoms with Gasteiger partial charge in [-0.25, -0.2) is 0 Å². The zero-order chi connectivity index (χ0) is 16.3. The monoisotopic (exact) mass is 342 g/mol. The maximum Gasteiger partial charge on any atom is 0.299 e. The Bertz CT molecular complexity index is 731. The highest BCUT2D eigenvalue weighted by atomic mass is 35.5. The lowest BCUT2D eigenvalue weighted by molar-refractivity contribution is -0.384. The summed E-state index contributed by atoms with van der Waals surface area (Å²) in [5.74, 6) is 0.470. The van der Waals surface area contributed by atoms with Crippen molar-refractivity contribution in [3.8, 4) is 11.5 Å². The fourth-order valence-electron chi connectivity index (χ4n) is 1.68. The van der Waals surface area contributed by atoms with E-state index in [1.165, 1.54) is 14.2 Å². The molecule has 1 N–H and O–H groups in total. The van der Waals surface area contributed by atoms with E-state index in [2.05, 4.69) is 5.32 Å². The van der Waals surface area contributed by atoms with Crippen LogP contribution in [0.2, 0.25) is 4.34 Å². The first-order valence-electron chi connectivity index (χ1n) is 5.93. The van der Waals surface area contributed by atoms with E-state index in [4.69, 9.17) is 21.1 Å². The van der Waals surface area contributed by atoms with Crippen molar-refractivity contribution in [1.29, 1.82) is 0 Å². The van der Waals surface area contributed by atoms with E-state index in [1.807, 2.05) is 0 Å². The number of nitrogens with one attached hydrogen (secondary N) is 1. The van der Waals surface area contributed by atoms with Gasteiger partial charge in [-0.05, 0) is 12.1 Å². The number of ether oxygens (including phenoxy) is 2. The second kappa shape index (κ2) is 6.63. The van der Waals surface area contributed by atoms with Crippen LogP contribution < -0.4 is 14.8 Å². The summed E-state index contributed by atoms with van der Waals surface area (Å²) < 4.78 is 10.2. The molecule has 0 radical (unpaired) electrons. The lowest BCUT2D eigenvalue weighted by Crippen LogP contribution is -2.11. The molecule has 1 aromatic carbocycles. The van der Waals surface area contributed by atoms with Gasteiger partial charge in [-0.2, -0.15) is 0 Å². The predicted molar refractivity (Wildman–Crippen MR) is 83.5 cm³/mol. The Morgan fingerprint density at radius 2 is 2.05 bits per heavy atom. The molecule has 0 saturated carbocycles. The van der Waals surface area contributed by atoms with Gasteiger partial charge in [0.1, 0.15) is 16.4 Å². The van der Waals surface area contributed by atoms with Gasteiger partial charge in [-0.3, -0.25) is 14.9 Å². The molecule has 9 heteroatoms. The molecule has 0 aliphatic heterocycles. The van der Waals surface area contributed by atoms with Crippen LogP contribution in [0.1, 0.15) is 9.67 Å². The molecule has 0 atom stereocenters. The number of nitro groups is 1. The largest absolute Gasteiger partial charge is 0.497 e. The summed E-state index contributed by atoms with van der Waals surface area (Å²) in [5.41, 5.74) is 0.124. The van der Waals surface area contributed by atoms with Crippen molar-refractivity contribution >= 4 is 40.2 Å². The van der Waals surface area contributed by atoms with Crippen molar-refractivity contribution in [3.63, 3.8) is 0 Å². The van der Waals surface area contributed by atoms with Crippen LogP contribution in [-0.4, -0.2) is 25.1 Å². The lowest BCUT2D eigenvalue weighted by Gasteiger charge is -2.10. The Labute approximate surface area is 134 Å². The Hall–Kier alpha value is -2.32. The second-order valence-electron chi connectivity index (χ2n) is 4.05. The third-order valence-electron chi connectivity index (χ3n) is 2.75. The highest BCUT2D eigenvalue weighted by molar-refractivity contribution is 7.18. The van der Waals surface area contributed by atoms with E-state index in [0.717, 1.165) is 17.4 Å². The number of amides is 1. The van der Waals surface area contributed by atoms with E-state index in [-0.39, 0.29) is 14.9 Å². The summed E-state index contributed by atoms with van der Waals surface area (Å²) in [6.45, 7) is 0. The van der Waals surface area contributed by atoms with Crippen LogP contribution in [0.15, 0.2) is 24.3 Å². The molecular weight excluding hydrogens is 332 g/mol. The van der Waals surface area contributed by atoms with Crippen LogP contribution in [0, 0.1) is 10.1 Å². The molecule has 0 aliphatic carbocycles. The molecular formula is C13H11ClN2O5S. The zero-order valence-electron chi connectivity index (χ0n) is 11.6. The number of benzene rings is 1. The van der Waals surface area contributed by atoms with Crippen LogP contribution in [0.4, 0.5) is 11.4 Å². The third-order valence-corrected chi connectivity index (χ3v) is 4.08. The Morgan fingerprint density at radius 1 is 1.32 bits per heavy atom. The summed E-state index contributed by atoms with van der Waals surface area (Å²) in [6, 6.07) is 6.01. The smallest absolute Gasteiger partial charge is 0.299 e. The number of rotatable bonds is 5. The Kier molecular flexibility index (Phi) is 4.84. The van der Waals surface area contributed by atoms with E-state index in [0.29, 0.717) is 17.2 Å². The van der Waals surface area contributed by atoms with Gasteiger partial charge in [0.25, 0.3) is 11.6 Å². The minimum atomic E-state index is -0.635. The molecule has 1 amide bonds. The van der Waals surface area contributed by atoms with Crippen molar-refractivity contribution in [2.24, 2.45) is 0 Å². The first-order chi connectivity index (χ1) is 10.5. The van der Waals surface area contributed by atoms with Crippen molar-refractivity contribution in [1.82, 2.24) is 0 Å². The molecule has 0 unspecified atom stereocenters. The molecule has 2 rings (SSSR count). The molecule has 22 heavy (non-hydrogen) atoms. The minimum Gasteiger partial charge on any atom is -0.497 e. The van der Waals surface area contributed by atoms with E-state index < -0.39 is 10.8 Å². The maximum atomic E-state index is 12.2. The van der Waals surface area contributed by atoms with Gasteiger partial charge in [0.05, 0.1) is 24.8 Å². The summed E-state index contributed by atoms with van der Waals surface area (Å²) in [5, 5.41) is 13.4. The highest BCUT2D eigenvalue weighted by Crippen LogP contribution is 2.35. The molecule has 7 nitrogen and oxygen atoms in total. The lowest BCUT2D eigenvalue weighted by atomic mass is 10.2. The quantitative estimate of drug-likeness (QED) is 0.662. The average molecular weight is 343 g/mol. The number of carbonyl (C=O) groups is 1. The van der Waals surface area contributed by atoms with Gasteiger partial charge < -0.3 is 14.8 Å². The van der Waals surface area contributed by atoms with Gasteiger partial charge in [0.15, 0.2) is 4.34 Å². The topological polar surface area (TPSA) is 90.7 Å². The SMILES string of the molecule is COc1ccc(NC(=O)c2cc([N+](=O)[O-])c(Cl)s2)c(OC)c1. The van der Waals surface area contributed by atoms with Gasteiger partial charge in [-0.1, -0.05) is 11.6 Å². The van der Waals surface area contributed by atoms with Gasteiger partial charge in [0.2, 0.25) is 0 Å². The molecule has 0 bridgehead atoms. The number of carbonyl (C=O) groups excluding carboxylic acids is 1. The van der Waals surface area contributed by atoms with Gasteiger partial charge in [0, 0.05) is 12.1 Å². The fourth-order valence-corrected chi connectivity index (χ4v) is 2.80. The molecule has 2 aromatic rings.